The van der Waals surface area contributed by atoms with Gasteiger partial charge in [-0.3, -0.25) is 14.9 Å². The summed E-state index contributed by atoms with van der Waals surface area (Å²) in [6, 6.07) is 11.9. The second kappa shape index (κ2) is 8.17. The van der Waals surface area contributed by atoms with E-state index in [1.54, 1.807) is 37.3 Å². The molecule has 0 aliphatic carbocycles. The van der Waals surface area contributed by atoms with Gasteiger partial charge in [0.05, 0.1) is 22.8 Å². The van der Waals surface area contributed by atoms with Crippen LogP contribution in [0.25, 0.3) is 5.69 Å². The smallest absolute Gasteiger partial charge is 0.319 e. The number of nitro groups is 1. The minimum absolute atomic E-state index is 0.0573. The number of amides is 3. The number of nitrogens with one attached hydrogen (secondary N) is 2. The van der Waals surface area contributed by atoms with Gasteiger partial charge >= 0.3 is 6.03 Å². The molecule has 0 saturated heterocycles. The number of hydrogen-bond donors (Lipinski definition) is 3. The molecule has 0 fully saturated rings. The fourth-order valence-electron chi connectivity index (χ4n) is 2.56. The SMILES string of the molecule is C[C@H](NC(=O)Nc1cccc([N+](=O)[O-])c1)c1ccc(-n2cc(C(N)=O)nn2)cc1. The van der Waals surface area contributed by atoms with Gasteiger partial charge in [0, 0.05) is 17.8 Å². The van der Waals surface area contributed by atoms with Crippen LogP contribution < -0.4 is 16.4 Å². The summed E-state index contributed by atoms with van der Waals surface area (Å²) in [4.78, 5) is 33.6. The number of non-ortho nitro benzene ring substituents is 1. The standard InChI is InChI=1S/C18H17N7O4/c1-11(20-18(27)21-13-3-2-4-15(9-13)25(28)29)12-5-7-14(8-6-12)24-10-16(17(19)26)22-23-24/h2-11H,1H3,(H2,19,26)(H2,20,21,27)/t11-/m0/s1. The van der Waals surface area contributed by atoms with Gasteiger partial charge in [0.1, 0.15) is 0 Å². The molecular weight excluding hydrogens is 378 g/mol. The number of carbonyl (C=O) groups excluding carboxylic acids is 2. The average molecular weight is 395 g/mol. The molecule has 11 nitrogen and oxygen atoms in total. The van der Waals surface area contributed by atoms with Crippen molar-refractivity contribution in [2.24, 2.45) is 5.73 Å². The Balaban J connectivity index is 1.63. The van der Waals surface area contributed by atoms with E-state index in [-0.39, 0.29) is 17.4 Å². The highest BCUT2D eigenvalue weighted by molar-refractivity contribution is 5.90. The van der Waals surface area contributed by atoms with Crippen LogP contribution in [0.2, 0.25) is 0 Å². The van der Waals surface area contributed by atoms with E-state index in [9.17, 15) is 19.7 Å². The van der Waals surface area contributed by atoms with Gasteiger partial charge < -0.3 is 16.4 Å². The predicted molar refractivity (Wildman–Crippen MR) is 104 cm³/mol. The van der Waals surface area contributed by atoms with E-state index in [0.29, 0.717) is 11.4 Å². The lowest BCUT2D eigenvalue weighted by Crippen LogP contribution is -2.31. The second-order valence-corrected chi connectivity index (χ2v) is 6.13. The number of nitrogens with zero attached hydrogens (tertiary/aromatic N) is 4. The minimum Gasteiger partial charge on any atom is -0.364 e. The van der Waals surface area contributed by atoms with Gasteiger partial charge in [-0.2, -0.15) is 0 Å². The van der Waals surface area contributed by atoms with Crippen molar-refractivity contribution in [1.29, 1.82) is 0 Å². The van der Waals surface area contributed by atoms with Crippen LogP contribution in [-0.4, -0.2) is 31.9 Å². The summed E-state index contributed by atoms with van der Waals surface area (Å²) < 4.78 is 1.41. The molecule has 0 unspecified atom stereocenters. The molecule has 0 spiro atoms. The number of aromatic nitrogens is 3. The number of nitro benzene ring substituents is 1. The van der Waals surface area contributed by atoms with Gasteiger partial charge in [-0.05, 0) is 30.7 Å². The number of benzene rings is 2. The van der Waals surface area contributed by atoms with Crippen molar-refractivity contribution in [2.45, 2.75) is 13.0 Å². The number of carbonyl (C=O) groups is 2. The van der Waals surface area contributed by atoms with Crippen LogP contribution in [0.4, 0.5) is 16.2 Å². The molecule has 1 aromatic heterocycles. The van der Waals surface area contributed by atoms with Gasteiger partial charge in [-0.25, -0.2) is 9.48 Å². The highest BCUT2D eigenvalue weighted by Gasteiger charge is 2.13. The van der Waals surface area contributed by atoms with Crippen molar-refractivity contribution in [1.82, 2.24) is 20.3 Å². The molecule has 29 heavy (non-hydrogen) atoms. The van der Waals surface area contributed by atoms with Crippen molar-refractivity contribution < 1.29 is 14.5 Å². The summed E-state index contributed by atoms with van der Waals surface area (Å²) in [6.45, 7) is 1.79. The lowest BCUT2D eigenvalue weighted by molar-refractivity contribution is -0.384. The van der Waals surface area contributed by atoms with Gasteiger partial charge in [-0.1, -0.05) is 23.4 Å². The molecule has 0 bridgehead atoms. The van der Waals surface area contributed by atoms with Crippen molar-refractivity contribution >= 4 is 23.3 Å². The Kier molecular flexibility index (Phi) is 5.49. The Labute approximate surface area is 164 Å². The Morgan fingerprint density at radius 1 is 1.21 bits per heavy atom. The molecule has 4 N–H and O–H groups in total. The fourth-order valence-corrected chi connectivity index (χ4v) is 2.56. The van der Waals surface area contributed by atoms with Crippen LogP contribution in [0.3, 0.4) is 0 Å². The summed E-state index contributed by atoms with van der Waals surface area (Å²) in [5, 5.41) is 23.6. The van der Waals surface area contributed by atoms with Gasteiger partial charge in [-0.15, -0.1) is 5.10 Å². The van der Waals surface area contributed by atoms with Gasteiger partial charge in [0.15, 0.2) is 5.69 Å². The Bertz CT molecular complexity index is 1060. The maximum absolute atomic E-state index is 12.2. The second-order valence-electron chi connectivity index (χ2n) is 6.13. The van der Waals surface area contributed by atoms with Crippen LogP contribution in [0.5, 0.6) is 0 Å². The van der Waals surface area contributed by atoms with Gasteiger partial charge in [0.25, 0.3) is 11.6 Å². The summed E-state index contributed by atoms with van der Waals surface area (Å²) in [5.74, 6) is -0.666. The zero-order valence-corrected chi connectivity index (χ0v) is 15.3. The normalized spacial score (nSPS) is 11.5. The van der Waals surface area contributed by atoms with E-state index in [4.69, 9.17) is 5.73 Å². The number of rotatable bonds is 6. The molecule has 0 aliphatic heterocycles. The molecule has 0 radical (unpaired) electrons. The number of nitrogens with two attached hydrogens (primary N) is 1. The quantitative estimate of drug-likeness (QED) is 0.428. The van der Waals surface area contributed by atoms with Crippen LogP contribution in [-0.2, 0) is 0 Å². The highest BCUT2D eigenvalue weighted by atomic mass is 16.6. The average Bonchev–Trinajstić information content (AvgIpc) is 3.18. The zero-order chi connectivity index (χ0) is 21.0. The summed E-state index contributed by atoms with van der Waals surface area (Å²) in [7, 11) is 0. The third-order valence-electron chi connectivity index (χ3n) is 4.07. The molecule has 1 heterocycles. The first-order valence-corrected chi connectivity index (χ1v) is 8.48. The summed E-state index contributed by atoms with van der Waals surface area (Å²) in [6.07, 6.45) is 1.42. The molecule has 11 heteroatoms. The Morgan fingerprint density at radius 2 is 1.93 bits per heavy atom. The van der Waals surface area contributed by atoms with E-state index in [1.807, 2.05) is 0 Å². The maximum atomic E-state index is 12.2. The first-order chi connectivity index (χ1) is 13.8. The summed E-state index contributed by atoms with van der Waals surface area (Å²) >= 11 is 0. The number of anilines is 1. The fraction of sp³-hybridized carbons (Fsp3) is 0.111. The van der Waals surface area contributed by atoms with Crippen LogP contribution >= 0.6 is 0 Å². The monoisotopic (exact) mass is 395 g/mol. The maximum Gasteiger partial charge on any atom is 0.319 e. The van der Waals surface area contributed by atoms with E-state index < -0.39 is 16.9 Å². The molecule has 148 valence electrons. The lowest BCUT2D eigenvalue weighted by atomic mass is 10.1. The topological polar surface area (TPSA) is 158 Å². The van der Waals surface area contributed by atoms with Crippen molar-refractivity contribution in [3.63, 3.8) is 0 Å². The number of hydrogen-bond acceptors (Lipinski definition) is 6. The predicted octanol–water partition coefficient (Wildman–Crippen LogP) is 2.16. The van der Waals surface area contributed by atoms with Crippen LogP contribution in [0.15, 0.2) is 54.7 Å². The molecule has 0 aliphatic rings. The van der Waals surface area contributed by atoms with E-state index >= 15 is 0 Å². The molecule has 0 saturated carbocycles. The largest absolute Gasteiger partial charge is 0.364 e. The van der Waals surface area contributed by atoms with E-state index in [2.05, 4.69) is 20.9 Å². The van der Waals surface area contributed by atoms with Crippen molar-refractivity contribution in [3.05, 3.63) is 76.1 Å². The Hall–Kier alpha value is -4.28. The summed E-state index contributed by atoms with van der Waals surface area (Å²) in [5.41, 5.74) is 6.91. The van der Waals surface area contributed by atoms with E-state index in [0.717, 1.165) is 5.56 Å². The number of primary amides is 1. The van der Waals surface area contributed by atoms with Crippen molar-refractivity contribution in [2.75, 3.05) is 5.32 Å². The molecule has 3 amide bonds. The lowest BCUT2D eigenvalue weighted by Gasteiger charge is -2.15. The van der Waals surface area contributed by atoms with Crippen LogP contribution in [0.1, 0.15) is 29.0 Å². The van der Waals surface area contributed by atoms with E-state index in [1.165, 1.54) is 29.1 Å². The molecule has 3 rings (SSSR count). The third-order valence-corrected chi connectivity index (χ3v) is 4.07. The molecule has 1 atom stereocenters. The first kappa shape index (κ1) is 19.5. The number of urea groups is 1. The molecule has 2 aromatic carbocycles. The highest BCUT2D eigenvalue weighted by Crippen LogP contribution is 2.18. The van der Waals surface area contributed by atoms with Gasteiger partial charge in [0.2, 0.25) is 0 Å². The minimum atomic E-state index is -0.666. The molecular formula is C18H17N7O4. The zero-order valence-electron chi connectivity index (χ0n) is 15.3. The Morgan fingerprint density at radius 3 is 2.55 bits per heavy atom. The van der Waals surface area contributed by atoms with Crippen LogP contribution in [0, 0.1) is 10.1 Å². The van der Waals surface area contributed by atoms with Crippen molar-refractivity contribution in [3.8, 4) is 5.69 Å². The third kappa shape index (κ3) is 4.71. The molecule has 3 aromatic rings. The first-order valence-electron chi connectivity index (χ1n) is 8.48.